The van der Waals surface area contributed by atoms with Crippen LogP contribution in [0.1, 0.15) is 6.92 Å². The summed E-state index contributed by atoms with van der Waals surface area (Å²) in [4.78, 5) is 0.861. The lowest BCUT2D eigenvalue weighted by Gasteiger charge is -2.08. The van der Waals surface area contributed by atoms with E-state index in [1.165, 1.54) is 18.0 Å². The van der Waals surface area contributed by atoms with Crippen molar-refractivity contribution in [2.75, 3.05) is 30.1 Å². The molecule has 0 saturated heterocycles. The molecule has 0 heterocycles. The van der Waals surface area contributed by atoms with Gasteiger partial charge >= 0.3 is 0 Å². The Balaban J connectivity index is 2.66. The highest BCUT2D eigenvalue weighted by Gasteiger charge is 2.06. The van der Waals surface area contributed by atoms with Crippen LogP contribution in [0.4, 0.5) is 5.69 Å². The lowest BCUT2D eigenvalue weighted by atomic mass is 10.3. The minimum Gasteiger partial charge on any atom is -0.494 e. The highest BCUT2D eigenvalue weighted by atomic mass is 32.2. The fourth-order valence-corrected chi connectivity index (χ4v) is 3.40. The Bertz CT molecular complexity index is 472. The van der Waals surface area contributed by atoms with Gasteiger partial charge in [0.15, 0.2) is 0 Å². The van der Waals surface area contributed by atoms with Crippen LogP contribution in [0.5, 0.6) is 5.75 Å². The molecule has 0 aromatic heterocycles. The number of anilines is 1. The average molecular weight is 275 g/mol. The van der Waals surface area contributed by atoms with E-state index in [0.29, 0.717) is 18.0 Å². The molecule has 0 fully saturated rings. The first-order chi connectivity index (χ1) is 7.92. The van der Waals surface area contributed by atoms with E-state index in [2.05, 4.69) is 0 Å². The van der Waals surface area contributed by atoms with Crippen LogP contribution >= 0.6 is 11.8 Å². The third-order valence-corrected chi connectivity index (χ3v) is 4.28. The van der Waals surface area contributed by atoms with E-state index < -0.39 is 9.84 Å². The van der Waals surface area contributed by atoms with Crippen LogP contribution in [-0.2, 0) is 9.84 Å². The lowest BCUT2D eigenvalue weighted by Crippen LogP contribution is -2.05. The molecule has 17 heavy (non-hydrogen) atoms. The Morgan fingerprint density at radius 3 is 2.71 bits per heavy atom. The minimum absolute atomic E-state index is 0.149. The molecule has 0 unspecified atom stereocenters. The molecule has 0 aliphatic heterocycles. The Morgan fingerprint density at radius 1 is 1.41 bits per heavy atom. The van der Waals surface area contributed by atoms with Gasteiger partial charge in [-0.15, -0.1) is 11.8 Å². The van der Waals surface area contributed by atoms with Crippen LogP contribution in [0.25, 0.3) is 0 Å². The molecule has 1 rings (SSSR count). The number of benzene rings is 1. The SMILES string of the molecule is CCOc1ccc(N)c(SCCS(C)(=O)=O)c1. The van der Waals surface area contributed by atoms with Crippen LogP contribution < -0.4 is 10.5 Å². The molecule has 96 valence electrons. The van der Waals surface area contributed by atoms with Crippen molar-refractivity contribution in [1.82, 2.24) is 0 Å². The number of hydrogen-bond donors (Lipinski definition) is 1. The van der Waals surface area contributed by atoms with Crippen molar-refractivity contribution >= 4 is 27.3 Å². The summed E-state index contributed by atoms with van der Waals surface area (Å²) in [5.74, 6) is 1.40. The van der Waals surface area contributed by atoms with Gasteiger partial charge in [-0.1, -0.05) is 0 Å². The first-order valence-corrected chi connectivity index (χ1v) is 8.30. The molecule has 0 radical (unpaired) electrons. The van der Waals surface area contributed by atoms with Crippen molar-refractivity contribution in [2.45, 2.75) is 11.8 Å². The number of hydrogen-bond acceptors (Lipinski definition) is 5. The van der Waals surface area contributed by atoms with Crippen LogP contribution in [0, 0.1) is 0 Å². The van der Waals surface area contributed by atoms with Gasteiger partial charge in [-0.25, -0.2) is 8.42 Å². The van der Waals surface area contributed by atoms with Gasteiger partial charge < -0.3 is 10.5 Å². The standard InChI is InChI=1S/C11H17NO3S2/c1-3-15-9-4-5-10(12)11(8-9)16-6-7-17(2,13)14/h4-5,8H,3,6-7,12H2,1-2H3. The van der Waals surface area contributed by atoms with E-state index >= 15 is 0 Å². The molecule has 0 amide bonds. The van der Waals surface area contributed by atoms with Gasteiger partial charge in [0.1, 0.15) is 15.6 Å². The summed E-state index contributed by atoms with van der Waals surface area (Å²) in [5.41, 5.74) is 6.45. The largest absolute Gasteiger partial charge is 0.494 e. The molecule has 0 bridgehead atoms. The van der Waals surface area contributed by atoms with Crippen molar-refractivity contribution in [2.24, 2.45) is 0 Å². The highest BCUT2D eigenvalue weighted by molar-refractivity contribution is 8.00. The summed E-state index contributed by atoms with van der Waals surface area (Å²) in [6, 6.07) is 5.42. The maximum absolute atomic E-state index is 11.0. The van der Waals surface area contributed by atoms with Gasteiger partial charge in [0, 0.05) is 22.6 Å². The first-order valence-electron chi connectivity index (χ1n) is 5.25. The molecular weight excluding hydrogens is 258 g/mol. The van der Waals surface area contributed by atoms with Crippen LogP contribution in [0.2, 0.25) is 0 Å². The molecule has 0 aliphatic carbocycles. The molecule has 4 nitrogen and oxygen atoms in total. The van der Waals surface area contributed by atoms with Gasteiger partial charge in [0.05, 0.1) is 12.4 Å². The van der Waals surface area contributed by atoms with Gasteiger partial charge in [0.2, 0.25) is 0 Å². The summed E-state index contributed by atoms with van der Waals surface area (Å²) in [6.07, 6.45) is 1.23. The second-order valence-corrected chi connectivity index (χ2v) is 7.01. The summed E-state index contributed by atoms with van der Waals surface area (Å²) in [7, 11) is -2.92. The number of sulfone groups is 1. The second-order valence-electron chi connectivity index (χ2n) is 3.61. The average Bonchev–Trinajstić information content (AvgIpc) is 2.21. The zero-order valence-electron chi connectivity index (χ0n) is 9.97. The van der Waals surface area contributed by atoms with Crippen LogP contribution in [0.15, 0.2) is 23.1 Å². The van der Waals surface area contributed by atoms with E-state index in [1.54, 1.807) is 12.1 Å². The van der Waals surface area contributed by atoms with E-state index in [1.807, 2.05) is 13.0 Å². The highest BCUT2D eigenvalue weighted by Crippen LogP contribution is 2.29. The number of thioether (sulfide) groups is 1. The Morgan fingerprint density at radius 2 is 2.12 bits per heavy atom. The number of rotatable bonds is 6. The predicted molar refractivity (Wildman–Crippen MR) is 72.5 cm³/mol. The second kappa shape index (κ2) is 6.16. The van der Waals surface area contributed by atoms with Crippen molar-refractivity contribution < 1.29 is 13.2 Å². The summed E-state index contributed by atoms with van der Waals surface area (Å²) < 4.78 is 27.4. The summed E-state index contributed by atoms with van der Waals surface area (Å²) >= 11 is 1.43. The molecule has 0 spiro atoms. The molecule has 0 saturated carbocycles. The van der Waals surface area contributed by atoms with Crippen LogP contribution in [0.3, 0.4) is 0 Å². The van der Waals surface area contributed by atoms with E-state index in [9.17, 15) is 8.42 Å². The van der Waals surface area contributed by atoms with Crippen LogP contribution in [-0.4, -0.2) is 32.8 Å². The lowest BCUT2D eigenvalue weighted by molar-refractivity contribution is 0.339. The topological polar surface area (TPSA) is 69.4 Å². The van der Waals surface area contributed by atoms with E-state index in [4.69, 9.17) is 10.5 Å². The Kier molecular flexibility index (Phi) is 5.14. The summed E-state index contributed by atoms with van der Waals surface area (Å²) in [5, 5.41) is 0. The fraction of sp³-hybridized carbons (Fsp3) is 0.455. The molecule has 6 heteroatoms. The predicted octanol–water partition coefficient (Wildman–Crippen LogP) is 1.80. The molecule has 2 N–H and O–H groups in total. The molecular formula is C11H17NO3S2. The van der Waals surface area contributed by atoms with E-state index in [-0.39, 0.29) is 5.75 Å². The number of nitrogen functional groups attached to an aromatic ring is 1. The zero-order chi connectivity index (χ0) is 12.9. The third-order valence-electron chi connectivity index (χ3n) is 2.01. The van der Waals surface area contributed by atoms with Gasteiger partial charge in [-0.2, -0.15) is 0 Å². The minimum atomic E-state index is -2.92. The van der Waals surface area contributed by atoms with Gasteiger partial charge in [-0.3, -0.25) is 0 Å². The normalized spacial score (nSPS) is 11.4. The molecule has 1 aromatic carbocycles. The number of nitrogens with two attached hydrogens (primary N) is 1. The van der Waals surface area contributed by atoms with Crippen molar-refractivity contribution in [3.63, 3.8) is 0 Å². The Labute approximate surface area is 106 Å². The van der Waals surface area contributed by atoms with Gasteiger partial charge in [0.25, 0.3) is 0 Å². The fourth-order valence-electron chi connectivity index (χ4n) is 1.20. The van der Waals surface area contributed by atoms with Crippen molar-refractivity contribution in [3.05, 3.63) is 18.2 Å². The zero-order valence-corrected chi connectivity index (χ0v) is 11.6. The monoisotopic (exact) mass is 275 g/mol. The first kappa shape index (κ1) is 14.2. The molecule has 1 aromatic rings. The summed E-state index contributed by atoms with van der Waals surface area (Å²) in [6.45, 7) is 2.50. The molecule has 0 atom stereocenters. The smallest absolute Gasteiger partial charge is 0.148 e. The number of ether oxygens (including phenoxy) is 1. The maximum Gasteiger partial charge on any atom is 0.148 e. The maximum atomic E-state index is 11.0. The molecule has 0 aliphatic rings. The third kappa shape index (κ3) is 5.32. The van der Waals surface area contributed by atoms with E-state index in [0.717, 1.165) is 10.6 Å². The van der Waals surface area contributed by atoms with Gasteiger partial charge in [-0.05, 0) is 25.1 Å². The van der Waals surface area contributed by atoms with Crippen molar-refractivity contribution in [3.8, 4) is 5.75 Å². The quantitative estimate of drug-likeness (QED) is 0.633. The van der Waals surface area contributed by atoms with Crippen molar-refractivity contribution in [1.29, 1.82) is 0 Å². The Hall–Kier alpha value is -0.880.